The molecule has 1 amide bonds. The number of aromatic nitrogens is 2. The van der Waals surface area contributed by atoms with Crippen LogP contribution in [0, 0.1) is 0 Å². The van der Waals surface area contributed by atoms with Crippen LogP contribution in [0.15, 0.2) is 30.3 Å². The fourth-order valence-corrected chi connectivity index (χ4v) is 3.00. The molecule has 1 aliphatic rings. The van der Waals surface area contributed by atoms with Crippen molar-refractivity contribution in [1.29, 1.82) is 0 Å². The van der Waals surface area contributed by atoms with Gasteiger partial charge in [-0.1, -0.05) is 50.6 Å². The molecule has 2 aromatic rings. The Kier molecular flexibility index (Phi) is 4.65. The molecule has 122 valence electrons. The van der Waals surface area contributed by atoms with Gasteiger partial charge >= 0.3 is 0 Å². The summed E-state index contributed by atoms with van der Waals surface area (Å²) in [7, 11) is 0. The highest BCUT2D eigenvalue weighted by atomic mass is 16.1. The summed E-state index contributed by atoms with van der Waals surface area (Å²) in [6, 6.07) is 10.5. The van der Waals surface area contributed by atoms with Crippen LogP contribution in [-0.2, 0) is 13.0 Å². The Morgan fingerprint density at radius 2 is 2.13 bits per heavy atom. The molecule has 0 aliphatic carbocycles. The fraction of sp³-hybridized carbons (Fsp3) is 0.444. The number of fused-ring (bicyclic) bond motifs is 1. The van der Waals surface area contributed by atoms with E-state index in [9.17, 15) is 4.79 Å². The first-order chi connectivity index (χ1) is 11.2. The van der Waals surface area contributed by atoms with Crippen molar-refractivity contribution in [3.05, 3.63) is 47.2 Å². The normalized spacial score (nSPS) is 16.0. The SMILES string of the molecule is CCCCNC(=O)c1c(CC)nn2c1NC(c1ccccc1)C2. The summed E-state index contributed by atoms with van der Waals surface area (Å²) in [5.74, 6) is 0.836. The van der Waals surface area contributed by atoms with Crippen molar-refractivity contribution in [3.8, 4) is 0 Å². The number of aryl methyl sites for hydroxylation is 1. The van der Waals surface area contributed by atoms with E-state index in [2.05, 4.69) is 34.8 Å². The van der Waals surface area contributed by atoms with E-state index < -0.39 is 0 Å². The number of anilines is 1. The molecule has 1 aromatic heterocycles. The van der Waals surface area contributed by atoms with Crippen LogP contribution < -0.4 is 10.6 Å². The van der Waals surface area contributed by atoms with Crippen LogP contribution >= 0.6 is 0 Å². The minimum atomic E-state index is -0.0160. The predicted octanol–water partition coefficient (Wildman–Crippen LogP) is 3.14. The van der Waals surface area contributed by atoms with Crippen molar-refractivity contribution in [3.63, 3.8) is 0 Å². The third kappa shape index (κ3) is 3.09. The minimum absolute atomic E-state index is 0.0160. The van der Waals surface area contributed by atoms with E-state index in [-0.39, 0.29) is 11.9 Å². The van der Waals surface area contributed by atoms with Gasteiger partial charge in [-0.25, -0.2) is 4.68 Å². The van der Waals surface area contributed by atoms with Gasteiger partial charge in [-0.2, -0.15) is 5.10 Å². The molecule has 1 aromatic carbocycles. The number of hydrogen-bond acceptors (Lipinski definition) is 3. The van der Waals surface area contributed by atoms with Crippen LogP contribution in [0.2, 0.25) is 0 Å². The summed E-state index contributed by atoms with van der Waals surface area (Å²) in [6.07, 6.45) is 2.83. The third-order valence-corrected chi connectivity index (χ3v) is 4.27. The summed E-state index contributed by atoms with van der Waals surface area (Å²) in [4.78, 5) is 12.6. The van der Waals surface area contributed by atoms with Gasteiger partial charge in [0.1, 0.15) is 11.4 Å². The summed E-state index contributed by atoms with van der Waals surface area (Å²) < 4.78 is 1.94. The molecule has 0 radical (unpaired) electrons. The van der Waals surface area contributed by atoms with E-state index in [1.54, 1.807) is 0 Å². The Labute approximate surface area is 137 Å². The van der Waals surface area contributed by atoms with E-state index in [0.717, 1.165) is 37.3 Å². The molecule has 2 N–H and O–H groups in total. The standard InChI is InChI=1S/C18H24N4O/c1-3-5-11-19-18(23)16-14(4-2)21-22-12-15(20-17(16)22)13-9-7-6-8-10-13/h6-10,15,20H,3-5,11-12H2,1-2H3,(H,19,23). The number of carbonyl (C=O) groups is 1. The van der Waals surface area contributed by atoms with Crippen LogP contribution in [0.5, 0.6) is 0 Å². The quantitative estimate of drug-likeness (QED) is 0.806. The molecule has 1 unspecified atom stereocenters. The van der Waals surface area contributed by atoms with Crippen LogP contribution in [0.1, 0.15) is 54.3 Å². The van der Waals surface area contributed by atoms with Gasteiger partial charge in [0.05, 0.1) is 18.3 Å². The lowest BCUT2D eigenvalue weighted by Gasteiger charge is -2.12. The fourth-order valence-electron chi connectivity index (χ4n) is 3.00. The zero-order valence-electron chi connectivity index (χ0n) is 13.8. The summed E-state index contributed by atoms with van der Waals surface area (Å²) >= 11 is 0. The summed E-state index contributed by atoms with van der Waals surface area (Å²) in [6.45, 7) is 5.63. The van der Waals surface area contributed by atoms with Gasteiger partial charge in [0.25, 0.3) is 5.91 Å². The average Bonchev–Trinajstić information content (AvgIpc) is 3.12. The molecule has 1 aliphatic heterocycles. The Hall–Kier alpha value is -2.30. The molecule has 5 nitrogen and oxygen atoms in total. The van der Waals surface area contributed by atoms with E-state index in [1.807, 2.05) is 29.8 Å². The molecule has 1 atom stereocenters. The number of nitrogens with zero attached hydrogens (tertiary/aromatic N) is 2. The highest BCUT2D eigenvalue weighted by molar-refractivity contribution is 6.00. The Bertz CT molecular complexity index is 678. The number of unbranched alkanes of at least 4 members (excludes halogenated alkanes) is 1. The Morgan fingerprint density at radius 3 is 2.83 bits per heavy atom. The Morgan fingerprint density at radius 1 is 1.35 bits per heavy atom. The maximum absolute atomic E-state index is 12.6. The van der Waals surface area contributed by atoms with Crippen LogP contribution in [0.3, 0.4) is 0 Å². The van der Waals surface area contributed by atoms with Crippen molar-refractivity contribution in [1.82, 2.24) is 15.1 Å². The number of hydrogen-bond donors (Lipinski definition) is 2. The van der Waals surface area contributed by atoms with Gasteiger partial charge in [-0.15, -0.1) is 0 Å². The molecule has 0 bridgehead atoms. The highest BCUT2D eigenvalue weighted by Gasteiger charge is 2.30. The molecular weight excluding hydrogens is 288 g/mol. The highest BCUT2D eigenvalue weighted by Crippen LogP contribution is 2.33. The lowest BCUT2D eigenvalue weighted by atomic mass is 10.1. The van der Waals surface area contributed by atoms with E-state index in [4.69, 9.17) is 0 Å². The van der Waals surface area contributed by atoms with Gasteiger partial charge in [0, 0.05) is 6.54 Å². The van der Waals surface area contributed by atoms with Crippen molar-refractivity contribution in [2.45, 2.75) is 45.7 Å². The lowest BCUT2D eigenvalue weighted by Crippen LogP contribution is -2.25. The summed E-state index contributed by atoms with van der Waals surface area (Å²) in [5.41, 5.74) is 2.79. The molecule has 0 fully saturated rings. The first-order valence-electron chi connectivity index (χ1n) is 8.44. The second kappa shape index (κ2) is 6.86. The van der Waals surface area contributed by atoms with E-state index in [1.165, 1.54) is 5.56 Å². The monoisotopic (exact) mass is 312 g/mol. The van der Waals surface area contributed by atoms with Crippen molar-refractivity contribution in [2.24, 2.45) is 0 Å². The molecule has 2 heterocycles. The molecule has 0 saturated carbocycles. The zero-order valence-corrected chi connectivity index (χ0v) is 13.8. The summed E-state index contributed by atoms with van der Waals surface area (Å²) in [5, 5.41) is 11.1. The molecule has 0 spiro atoms. The second-order valence-electron chi connectivity index (χ2n) is 5.92. The number of nitrogens with one attached hydrogen (secondary N) is 2. The maximum Gasteiger partial charge on any atom is 0.256 e. The minimum Gasteiger partial charge on any atom is -0.361 e. The predicted molar refractivity (Wildman–Crippen MR) is 91.7 cm³/mol. The largest absolute Gasteiger partial charge is 0.361 e. The second-order valence-corrected chi connectivity index (χ2v) is 5.92. The first-order valence-corrected chi connectivity index (χ1v) is 8.44. The van der Waals surface area contributed by atoms with Crippen LogP contribution in [0.25, 0.3) is 0 Å². The zero-order chi connectivity index (χ0) is 16.2. The van der Waals surface area contributed by atoms with Crippen molar-refractivity contribution < 1.29 is 4.79 Å². The van der Waals surface area contributed by atoms with Gasteiger partial charge in [0.2, 0.25) is 0 Å². The average molecular weight is 312 g/mol. The topological polar surface area (TPSA) is 59.0 Å². The molecular formula is C18H24N4O. The van der Waals surface area contributed by atoms with E-state index in [0.29, 0.717) is 12.1 Å². The van der Waals surface area contributed by atoms with Crippen LogP contribution in [-0.4, -0.2) is 22.2 Å². The lowest BCUT2D eigenvalue weighted by molar-refractivity contribution is 0.0953. The van der Waals surface area contributed by atoms with Crippen LogP contribution in [0.4, 0.5) is 5.82 Å². The molecule has 3 rings (SSSR count). The smallest absolute Gasteiger partial charge is 0.256 e. The van der Waals surface area contributed by atoms with E-state index >= 15 is 0 Å². The first kappa shape index (κ1) is 15.6. The van der Waals surface area contributed by atoms with Gasteiger partial charge in [0.15, 0.2) is 0 Å². The number of amides is 1. The van der Waals surface area contributed by atoms with Crippen molar-refractivity contribution >= 4 is 11.7 Å². The third-order valence-electron chi connectivity index (χ3n) is 4.27. The molecule has 5 heteroatoms. The number of benzene rings is 1. The maximum atomic E-state index is 12.6. The van der Waals surface area contributed by atoms with Gasteiger partial charge < -0.3 is 10.6 Å². The van der Waals surface area contributed by atoms with Gasteiger partial charge in [-0.05, 0) is 18.4 Å². The molecule has 0 saturated heterocycles. The number of rotatable bonds is 6. The molecule has 23 heavy (non-hydrogen) atoms. The van der Waals surface area contributed by atoms with Gasteiger partial charge in [-0.3, -0.25) is 4.79 Å². The number of carbonyl (C=O) groups excluding carboxylic acids is 1. The van der Waals surface area contributed by atoms with Crippen molar-refractivity contribution in [2.75, 3.05) is 11.9 Å². The Balaban J connectivity index is 1.82.